The van der Waals surface area contributed by atoms with Crippen molar-refractivity contribution in [3.63, 3.8) is 0 Å². The van der Waals surface area contributed by atoms with E-state index in [0.29, 0.717) is 13.2 Å². The van der Waals surface area contributed by atoms with Crippen molar-refractivity contribution in [2.75, 3.05) is 33.9 Å². The zero-order chi connectivity index (χ0) is 13.6. The van der Waals surface area contributed by atoms with Crippen molar-refractivity contribution in [1.82, 2.24) is 4.90 Å². The van der Waals surface area contributed by atoms with Crippen LogP contribution in [0.5, 0.6) is 0 Å². The summed E-state index contributed by atoms with van der Waals surface area (Å²) in [7, 11) is 3.27. The molecule has 0 amide bonds. The topological polar surface area (TPSA) is 12.5 Å². The summed E-state index contributed by atoms with van der Waals surface area (Å²) in [6.45, 7) is 0.709. The molecule has 102 valence electrons. The van der Waals surface area contributed by atoms with Crippen molar-refractivity contribution in [3.05, 3.63) is 35.9 Å². The van der Waals surface area contributed by atoms with Crippen molar-refractivity contribution in [3.8, 4) is 0 Å². The number of ether oxygens (including phenoxy) is 1. The largest absolute Gasteiger partial charge is 0.383 e. The number of rotatable bonds is 7. The number of nitrogens with zero attached hydrogens (tertiary/aromatic N) is 1. The first-order valence-electron chi connectivity index (χ1n) is 5.70. The normalized spacial score (nSPS) is 13.9. The smallest absolute Gasteiger partial charge is 0.285 e. The summed E-state index contributed by atoms with van der Waals surface area (Å²) < 4.78 is 32.9. The predicted molar refractivity (Wildman–Crippen MR) is 72.4 cm³/mol. The Morgan fingerprint density at radius 1 is 1.33 bits per heavy atom. The monoisotopic (exact) mass is 321 g/mol. The molecular weight excluding hydrogens is 304 g/mol. The Hall–Kier alpha value is -0.520. The molecule has 0 aliphatic rings. The van der Waals surface area contributed by atoms with Crippen LogP contribution in [0.1, 0.15) is 5.56 Å². The fourth-order valence-electron chi connectivity index (χ4n) is 1.75. The van der Waals surface area contributed by atoms with Gasteiger partial charge in [0, 0.05) is 19.2 Å². The fourth-order valence-corrected chi connectivity index (χ4v) is 2.51. The third-order valence-corrected chi connectivity index (χ3v) is 3.08. The first-order chi connectivity index (χ1) is 8.45. The minimum absolute atomic E-state index is 0.0507. The maximum atomic E-state index is 14.0. The van der Waals surface area contributed by atoms with Gasteiger partial charge in [-0.3, -0.25) is 4.90 Å². The Morgan fingerprint density at radius 3 is 2.50 bits per heavy atom. The molecule has 0 bridgehead atoms. The van der Waals surface area contributed by atoms with Gasteiger partial charge >= 0.3 is 0 Å². The minimum atomic E-state index is -2.84. The van der Waals surface area contributed by atoms with Crippen LogP contribution in [0, 0.1) is 0 Å². The third-order valence-electron chi connectivity index (χ3n) is 2.52. The molecule has 5 heteroatoms. The van der Waals surface area contributed by atoms with Crippen LogP contribution >= 0.6 is 15.9 Å². The summed E-state index contributed by atoms with van der Waals surface area (Å²) in [6.07, 6.45) is 0. The third kappa shape index (κ3) is 5.00. The molecule has 1 aromatic carbocycles. The highest BCUT2D eigenvalue weighted by molar-refractivity contribution is 9.09. The second-order valence-corrected chi connectivity index (χ2v) is 5.61. The lowest BCUT2D eigenvalue weighted by Gasteiger charge is -2.25. The van der Waals surface area contributed by atoms with E-state index in [9.17, 15) is 8.78 Å². The van der Waals surface area contributed by atoms with Gasteiger partial charge in [-0.05, 0) is 7.05 Å². The number of halogens is 3. The maximum absolute atomic E-state index is 14.0. The summed E-state index contributed by atoms with van der Waals surface area (Å²) in [4.78, 5) is 1.66. The molecule has 0 radical (unpaired) electrons. The van der Waals surface area contributed by atoms with Gasteiger partial charge in [-0.2, -0.15) is 8.78 Å². The van der Waals surface area contributed by atoms with E-state index in [4.69, 9.17) is 4.74 Å². The lowest BCUT2D eigenvalue weighted by molar-refractivity contribution is -0.0326. The van der Waals surface area contributed by atoms with E-state index in [1.807, 2.05) is 0 Å². The summed E-state index contributed by atoms with van der Waals surface area (Å²) in [5.74, 6) is -2.84. The number of hydrogen-bond acceptors (Lipinski definition) is 2. The first-order valence-corrected chi connectivity index (χ1v) is 6.62. The van der Waals surface area contributed by atoms with Gasteiger partial charge in [-0.15, -0.1) is 0 Å². The molecule has 1 unspecified atom stereocenters. The summed E-state index contributed by atoms with van der Waals surface area (Å²) in [5, 5.41) is 0. The van der Waals surface area contributed by atoms with Gasteiger partial charge in [0.05, 0.1) is 18.0 Å². The van der Waals surface area contributed by atoms with Crippen molar-refractivity contribution in [1.29, 1.82) is 0 Å². The van der Waals surface area contributed by atoms with E-state index in [0.717, 1.165) is 0 Å². The van der Waals surface area contributed by atoms with E-state index in [1.54, 1.807) is 37.3 Å². The van der Waals surface area contributed by atoms with Gasteiger partial charge in [-0.1, -0.05) is 46.3 Å². The molecule has 0 saturated carbocycles. The highest BCUT2D eigenvalue weighted by Crippen LogP contribution is 2.28. The Morgan fingerprint density at radius 2 is 1.94 bits per heavy atom. The molecule has 0 aromatic heterocycles. The molecule has 0 fully saturated rings. The van der Waals surface area contributed by atoms with E-state index >= 15 is 0 Å². The van der Waals surface area contributed by atoms with Crippen LogP contribution < -0.4 is 0 Å². The highest BCUT2D eigenvalue weighted by Gasteiger charge is 2.32. The van der Waals surface area contributed by atoms with Crippen LogP contribution in [0.2, 0.25) is 0 Å². The molecule has 0 aliphatic heterocycles. The molecule has 18 heavy (non-hydrogen) atoms. The minimum Gasteiger partial charge on any atom is -0.383 e. The second kappa shape index (κ2) is 7.16. The molecule has 2 nitrogen and oxygen atoms in total. The van der Waals surface area contributed by atoms with Crippen LogP contribution in [-0.4, -0.2) is 43.6 Å². The van der Waals surface area contributed by atoms with Crippen LogP contribution in [0.25, 0.3) is 0 Å². The average Bonchev–Trinajstić information content (AvgIpc) is 2.29. The van der Waals surface area contributed by atoms with Gasteiger partial charge in [0.15, 0.2) is 0 Å². The van der Waals surface area contributed by atoms with E-state index in [2.05, 4.69) is 15.9 Å². The zero-order valence-electron chi connectivity index (χ0n) is 10.6. The number of benzene rings is 1. The maximum Gasteiger partial charge on any atom is 0.285 e. The lowest BCUT2D eigenvalue weighted by atomic mass is 10.1. The van der Waals surface area contributed by atoms with Crippen LogP contribution in [0.15, 0.2) is 30.3 Å². The molecule has 0 saturated heterocycles. The molecule has 0 aliphatic carbocycles. The summed E-state index contributed by atoms with van der Waals surface area (Å²) in [6, 6.07) is 7.89. The van der Waals surface area contributed by atoms with Crippen molar-refractivity contribution in [2.24, 2.45) is 0 Å². The van der Waals surface area contributed by atoms with Gasteiger partial charge < -0.3 is 4.74 Å². The van der Waals surface area contributed by atoms with E-state index < -0.39 is 5.92 Å². The molecule has 1 rings (SSSR count). The van der Waals surface area contributed by atoms with Crippen LogP contribution in [-0.2, 0) is 10.7 Å². The number of likely N-dealkylation sites (N-methyl/N-ethyl adjacent to an activating group) is 1. The molecule has 0 spiro atoms. The van der Waals surface area contributed by atoms with Crippen molar-refractivity contribution >= 4 is 15.9 Å². The Balaban J connectivity index is 2.55. The predicted octanol–water partition coefficient (Wildman–Crippen LogP) is 3.12. The Bertz CT molecular complexity index is 348. The quantitative estimate of drug-likeness (QED) is 0.715. The standard InChI is InChI=1S/C13H18BrF2NO/c1-17(8-12(14)9-18-2)10-13(15,16)11-6-4-3-5-7-11/h3-7,12H,8-10H2,1-2H3. The van der Waals surface area contributed by atoms with Gasteiger partial charge in [0.2, 0.25) is 0 Å². The molecule has 0 N–H and O–H groups in total. The van der Waals surface area contributed by atoms with Crippen molar-refractivity contribution < 1.29 is 13.5 Å². The molecule has 1 aromatic rings. The summed E-state index contributed by atoms with van der Waals surface area (Å²) >= 11 is 3.39. The lowest BCUT2D eigenvalue weighted by Crippen LogP contribution is -2.36. The first kappa shape index (κ1) is 15.5. The fraction of sp³-hybridized carbons (Fsp3) is 0.538. The SMILES string of the molecule is COCC(Br)CN(C)CC(F)(F)c1ccccc1. The number of methoxy groups -OCH3 is 1. The number of hydrogen-bond donors (Lipinski definition) is 0. The summed E-state index contributed by atoms with van der Waals surface area (Å²) in [5.41, 5.74) is 0.0507. The average molecular weight is 322 g/mol. The van der Waals surface area contributed by atoms with E-state index in [-0.39, 0.29) is 16.9 Å². The van der Waals surface area contributed by atoms with Gasteiger partial charge in [-0.25, -0.2) is 0 Å². The molecule has 0 heterocycles. The Kier molecular flexibility index (Phi) is 6.18. The van der Waals surface area contributed by atoms with Crippen LogP contribution in [0.4, 0.5) is 8.78 Å². The Labute approximate surface area is 115 Å². The van der Waals surface area contributed by atoms with Crippen LogP contribution in [0.3, 0.4) is 0 Å². The second-order valence-electron chi connectivity index (χ2n) is 4.32. The molecular formula is C13H18BrF2NO. The van der Waals surface area contributed by atoms with Gasteiger partial charge in [0.1, 0.15) is 0 Å². The number of alkyl halides is 3. The molecule has 1 atom stereocenters. The highest BCUT2D eigenvalue weighted by atomic mass is 79.9. The van der Waals surface area contributed by atoms with E-state index in [1.165, 1.54) is 12.1 Å². The van der Waals surface area contributed by atoms with Gasteiger partial charge in [0.25, 0.3) is 5.92 Å². The zero-order valence-corrected chi connectivity index (χ0v) is 12.2. The van der Waals surface area contributed by atoms with Crippen molar-refractivity contribution in [2.45, 2.75) is 10.7 Å².